The lowest BCUT2D eigenvalue weighted by Gasteiger charge is -2.11. The zero-order chi connectivity index (χ0) is 15.5. The fourth-order valence-corrected chi connectivity index (χ4v) is 3.07. The summed E-state index contributed by atoms with van der Waals surface area (Å²) >= 11 is 0. The lowest BCUT2D eigenvalue weighted by Crippen LogP contribution is -2.37. The third-order valence-corrected chi connectivity index (χ3v) is 4.80. The van der Waals surface area contributed by atoms with E-state index in [2.05, 4.69) is 10.0 Å². The fraction of sp³-hybridized carbons (Fsp3) is 0.500. The average molecular weight is 311 g/mol. The van der Waals surface area contributed by atoms with Gasteiger partial charge in [-0.05, 0) is 43.5 Å². The van der Waals surface area contributed by atoms with Crippen LogP contribution >= 0.6 is 0 Å². The predicted molar refractivity (Wildman–Crippen MR) is 83.5 cm³/mol. The number of carbonyl (C=O) groups is 1. The van der Waals surface area contributed by atoms with Gasteiger partial charge in [0.2, 0.25) is 15.9 Å². The van der Waals surface area contributed by atoms with Gasteiger partial charge >= 0.3 is 0 Å². The van der Waals surface area contributed by atoms with E-state index in [1.54, 1.807) is 24.3 Å². The molecule has 4 N–H and O–H groups in total. The average Bonchev–Trinajstić information content (AvgIpc) is 3.18. The zero-order valence-electron chi connectivity index (χ0n) is 12.1. The van der Waals surface area contributed by atoms with Gasteiger partial charge < -0.3 is 11.1 Å². The molecule has 0 heterocycles. The molecule has 6 nitrogen and oxygen atoms in total. The van der Waals surface area contributed by atoms with Gasteiger partial charge in [0, 0.05) is 11.4 Å². The summed E-state index contributed by atoms with van der Waals surface area (Å²) < 4.78 is 26.0. The maximum atomic E-state index is 11.8. The standard InChI is InChI=1S/C14H21N3O3S/c1-2-3-10-21(19,20)17-12-6-4-11(5-7-12)16-13(18)14(15)8-9-14/h4-7,17H,2-3,8-10,15H2,1H3,(H,16,18). The van der Waals surface area contributed by atoms with Crippen molar-refractivity contribution in [2.24, 2.45) is 5.73 Å². The molecule has 1 fully saturated rings. The molecule has 1 amide bonds. The normalized spacial score (nSPS) is 16.3. The van der Waals surface area contributed by atoms with E-state index in [0.29, 0.717) is 30.6 Å². The lowest BCUT2D eigenvalue weighted by atomic mass is 10.2. The molecule has 0 atom stereocenters. The largest absolute Gasteiger partial charge is 0.324 e. The highest BCUT2D eigenvalue weighted by atomic mass is 32.2. The minimum Gasteiger partial charge on any atom is -0.324 e. The number of rotatable bonds is 7. The molecular formula is C14H21N3O3S. The Morgan fingerprint density at radius 1 is 1.24 bits per heavy atom. The van der Waals surface area contributed by atoms with Crippen molar-refractivity contribution < 1.29 is 13.2 Å². The van der Waals surface area contributed by atoms with Crippen molar-refractivity contribution in [3.05, 3.63) is 24.3 Å². The molecule has 0 spiro atoms. The van der Waals surface area contributed by atoms with Gasteiger partial charge in [-0.2, -0.15) is 0 Å². The number of unbranched alkanes of at least 4 members (excludes halogenated alkanes) is 1. The Balaban J connectivity index is 1.94. The number of hydrogen-bond donors (Lipinski definition) is 3. The van der Waals surface area contributed by atoms with Crippen molar-refractivity contribution in [2.45, 2.75) is 38.1 Å². The summed E-state index contributed by atoms with van der Waals surface area (Å²) in [6.07, 6.45) is 2.86. The van der Waals surface area contributed by atoms with Crippen molar-refractivity contribution in [3.63, 3.8) is 0 Å². The second-order valence-corrected chi connectivity index (χ2v) is 7.30. The first-order valence-corrected chi connectivity index (χ1v) is 8.71. The first kappa shape index (κ1) is 15.8. The van der Waals surface area contributed by atoms with Gasteiger partial charge in [0.1, 0.15) is 0 Å². The van der Waals surface area contributed by atoms with Crippen LogP contribution < -0.4 is 15.8 Å². The maximum absolute atomic E-state index is 11.8. The molecule has 0 aromatic heterocycles. The molecule has 7 heteroatoms. The Hall–Kier alpha value is -1.60. The summed E-state index contributed by atoms with van der Waals surface area (Å²) in [5, 5.41) is 2.73. The summed E-state index contributed by atoms with van der Waals surface area (Å²) in [5.74, 6) is -0.0868. The molecule has 1 aliphatic carbocycles. The van der Waals surface area contributed by atoms with Crippen molar-refractivity contribution in [1.82, 2.24) is 0 Å². The van der Waals surface area contributed by atoms with Crippen molar-refractivity contribution in [1.29, 1.82) is 0 Å². The van der Waals surface area contributed by atoms with Crippen LogP contribution in [0.3, 0.4) is 0 Å². The number of hydrogen-bond acceptors (Lipinski definition) is 4. The number of benzene rings is 1. The van der Waals surface area contributed by atoms with Gasteiger partial charge in [0.15, 0.2) is 0 Å². The minimum absolute atomic E-state index is 0.109. The predicted octanol–water partition coefficient (Wildman–Crippen LogP) is 1.66. The molecule has 0 bridgehead atoms. The van der Waals surface area contributed by atoms with Crippen LogP contribution in [-0.4, -0.2) is 25.6 Å². The molecular weight excluding hydrogens is 290 g/mol. The molecule has 0 radical (unpaired) electrons. The second kappa shape index (κ2) is 6.03. The van der Waals surface area contributed by atoms with Crippen LogP contribution in [-0.2, 0) is 14.8 Å². The zero-order valence-corrected chi connectivity index (χ0v) is 12.9. The van der Waals surface area contributed by atoms with E-state index in [1.165, 1.54) is 0 Å². The fourth-order valence-electron chi connectivity index (χ4n) is 1.80. The van der Waals surface area contributed by atoms with E-state index < -0.39 is 15.6 Å². The van der Waals surface area contributed by atoms with Crippen LogP contribution in [0, 0.1) is 0 Å². The lowest BCUT2D eigenvalue weighted by molar-refractivity contribution is -0.118. The first-order chi connectivity index (χ1) is 9.85. The van der Waals surface area contributed by atoms with Crippen LogP contribution in [0.4, 0.5) is 11.4 Å². The number of carbonyl (C=O) groups excluding carboxylic acids is 1. The highest BCUT2D eigenvalue weighted by Gasteiger charge is 2.45. The van der Waals surface area contributed by atoms with Gasteiger partial charge in [-0.1, -0.05) is 13.3 Å². The number of sulfonamides is 1. The van der Waals surface area contributed by atoms with Crippen LogP contribution in [0.25, 0.3) is 0 Å². The Morgan fingerprint density at radius 3 is 2.33 bits per heavy atom. The second-order valence-electron chi connectivity index (χ2n) is 5.46. The summed E-state index contributed by atoms with van der Waals surface area (Å²) in [6.45, 7) is 1.94. The van der Waals surface area contributed by atoms with Crippen LogP contribution in [0.15, 0.2) is 24.3 Å². The van der Waals surface area contributed by atoms with Crippen molar-refractivity contribution in [2.75, 3.05) is 15.8 Å². The van der Waals surface area contributed by atoms with Crippen LogP contribution in [0.5, 0.6) is 0 Å². The first-order valence-electron chi connectivity index (χ1n) is 7.05. The molecule has 1 aromatic carbocycles. The Bertz CT molecular complexity index is 607. The topological polar surface area (TPSA) is 101 Å². The van der Waals surface area contributed by atoms with Crippen molar-refractivity contribution in [3.8, 4) is 0 Å². The molecule has 0 saturated heterocycles. The SMILES string of the molecule is CCCCS(=O)(=O)Nc1ccc(NC(=O)C2(N)CC2)cc1. The Labute approximate surface area is 125 Å². The molecule has 1 aliphatic rings. The van der Waals surface area contributed by atoms with Gasteiger partial charge in [0.25, 0.3) is 0 Å². The summed E-state index contributed by atoms with van der Waals surface area (Å²) in [6, 6.07) is 6.55. The van der Waals surface area contributed by atoms with E-state index >= 15 is 0 Å². The van der Waals surface area contributed by atoms with Gasteiger partial charge in [-0.3, -0.25) is 9.52 Å². The van der Waals surface area contributed by atoms with E-state index in [4.69, 9.17) is 5.73 Å². The molecule has 0 unspecified atom stereocenters. The summed E-state index contributed by atoms with van der Waals surface area (Å²) in [5.41, 5.74) is 6.16. The van der Waals surface area contributed by atoms with Crippen LogP contribution in [0.1, 0.15) is 32.6 Å². The monoisotopic (exact) mass is 311 g/mol. The van der Waals surface area contributed by atoms with Crippen LogP contribution in [0.2, 0.25) is 0 Å². The highest BCUT2D eigenvalue weighted by Crippen LogP contribution is 2.33. The third-order valence-electron chi connectivity index (χ3n) is 3.42. The van der Waals surface area contributed by atoms with E-state index in [1.807, 2.05) is 6.92 Å². The quantitative estimate of drug-likeness (QED) is 0.712. The number of nitrogens with two attached hydrogens (primary N) is 1. The Kier molecular flexibility index (Phi) is 4.53. The number of nitrogens with one attached hydrogen (secondary N) is 2. The van der Waals surface area contributed by atoms with Gasteiger partial charge in [-0.25, -0.2) is 8.42 Å². The van der Waals surface area contributed by atoms with Gasteiger partial charge in [-0.15, -0.1) is 0 Å². The van der Waals surface area contributed by atoms with Gasteiger partial charge in [0.05, 0.1) is 11.3 Å². The number of anilines is 2. The third kappa shape index (κ3) is 4.44. The molecule has 2 rings (SSSR count). The van der Waals surface area contributed by atoms with E-state index in [9.17, 15) is 13.2 Å². The highest BCUT2D eigenvalue weighted by molar-refractivity contribution is 7.92. The molecule has 0 aliphatic heterocycles. The maximum Gasteiger partial charge on any atom is 0.244 e. The molecule has 1 aromatic rings. The minimum atomic E-state index is -3.30. The molecule has 116 valence electrons. The van der Waals surface area contributed by atoms with E-state index in [-0.39, 0.29) is 11.7 Å². The summed E-state index contributed by atoms with van der Waals surface area (Å²) in [4.78, 5) is 11.8. The molecule has 21 heavy (non-hydrogen) atoms. The smallest absolute Gasteiger partial charge is 0.244 e. The molecule has 1 saturated carbocycles. The van der Waals surface area contributed by atoms with Crippen molar-refractivity contribution >= 4 is 27.3 Å². The Morgan fingerprint density at radius 2 is 1.81 bits per heavy atom. The number of amides is 1. The van der Waals surface area contributed by atoms with E-state index in [0.717, 1.165) is 6.42 Å². The summed E-state index contributed by atoms with van der Waals surface area (Å²) in [7, 11) is -3.30.